The van der Waals surface area contributed by atoms with Crippen LogP contribution in [0.5, 0.6) is 5.75 Å². The molecule has 0 fully saturated rings. The van der Waals surface area contributed by atoms with Gasteiger partial charge in [0.1, 0.15) is 5.75 Å². The number of rotatable bonds is 0. The van der Waals surface area contributed by atoms with E-state index in [-0.39, 0.29) is 0 Å². The molecule has 0 saturated carbocycles. The van der Waals surface area contributed by atoms with E-state index in [1.807, 2.05) is 12.1 Å². The highest BCUT2D eigenvalue weighted by Crippen LogP contribution is 2.40. The lowest BCUT2D eigenvalue weighted by Gasteiger charge is -2.41. The highest BCUT2D eigenvalue weighted by atomic mass is 16.3. The Morgan fingerprint density at radius 3 is 2.53 bits per heavy atom. The van der Waals surface area contributed by atoms with Crippen molar-refractivity contribution in [3.8, 4) is 5.75 Å². The van der Waals surface area contributed by atoms with Crippen molar-refractivity contribution in [2.45, 2.75) is 18.9 Å². The van der Waals surface area contributed by atoms with Crippen molar-refractivity contribution >= 4 is 0 Å². The molecule has 2 aliphatic heterocycles. The first kappa shape index (κ1) is 11.1. The number of benzene rings is 2. The molecule has 19 heavy (non-hydrogen) atoms. The summed E-state index contributed by atoms with van der Waals surface area (Å²) >= 11 is 0. The molecule has 2 aromatic rings. The maximum Gasteiger partial charge on any atom is 0.115 e. The Bertz CT molecular complexity index is 635. The highest BCUT2D eigenvalue weighted by Gasteiger charge is 2.32. The Morgan fingerprint density at radius 1 is 0.895 bits per heavy atom. The molecule has 4 rings (SSSR count). The van der Waals surface area contributed by atoms with Crippen molar-refractivity contribution in [1.29, 1.82) is 0 Å². The molecular formula is C17H17NO. The minimum absolute atomic E-state index is 0.384. The van der Waals surface area contributed by atoms with Crippen LogP contribution in [0.1, 0.15) is 28.3 Å². The monoisotopic (exact) mass is 251 g/mol. The zero-order valence-electron chi connectivity index (χ0n) is 10.8. The summed E-state index contributed by atoms with van der Waals surface area (Å²) in [6.07, 6.45) is 2.20. The molecule has 96 valence electrons. The summed E-state index contributed by atoms with van der Waals surface area (Å²) in [5.41, 5.74) is 5.60. The maximum absolute atomic E-state index is 9.67. The van der Waals surface area contributed by atoms with Gasteiger partial charge in [0.15, 0.2) is 0 Å². The van der Waals surface area contributed by atoms with Gasteiger partial charge in [-0.3, -0.25) is 4.90 Å². The first-order valence-corrected chi connectivity index (χ1v) is 6.96. The van der Waals surface area contributed by atoms with E-state index in [9.17, 15) is 5.11 Å². The zero-order chi connectivity index (χ0) is 12.8. The van der Waals surface area contributed by atoms with Crippen molar-refractivity contribution in [2.75, 3.05) is 13.1 Å². The molecular weight excluding hydrogens is 234 g/mol. The standard InChI is InChI=1S/C17H17NO/c19-14-5-6-16-13(11-14)8-10-18-9-7-12-3-1-2-4-15(12)17(16)18/h1-6,11,17,19H,7-10H2/t17-/m0/s1. The van der Waals surface area contributed by atoms with Gasteiger partial charge < -0.3 is 5.11 Å². The predicted octanol–water partition coefficient (Wildman–Crippen LogP) is 2.90. The Hall–Kier alpha value is -1.80. The fourth-order valence-corrected chi connectivity index (χ4v) is 3.56. The van der Waals surface area contributed by atoms with Gasteiger partial charge in [-0.05, 0) is 47.2 Å². The Balaban J connectivity index is 1.90. The Labute approximate surface area is 113 Å². The van der Waals surface area contributed by atoms with Gasteiger partial charge in [-0.2, -0.15) is 0 Å². The summed E-state index contributed by atoms with van der Waals surface area (Å²) < 4.78 is 0. The van der Waals surface area contributed by atoms with Crippen LogP contribution in [-0.2, 0) is 12.8 Å². The fraction of sp³-hybridized carbons (Fsp3) is 0.294. The van der Waals surface area contributed by atoms with Gasteiger partial charge in [-0.25, -0.2) is 0 Å². The minimum atomic E-state index is 0.384. The van der Waals surface area contributed by atoms with E-state index in [2.05, 4.69) is 35.2 Å². The van der Waals surface area contributed by atoms with E-state index < -0.39 is 0 Å². The van der Waals surface area contributed by atoms with Gasteiger partial charge in [-0.15, -0.1) is 0 Å². The molecule has 2 nitrogen and oxygen atoms in total. The van der Waals surface area contributed by atoms with Crippen molar-refractivity contribution in [3.63, 3.8) is 0 Å². The van der Waals surface area contributed by atoms with Crippen LogP contribution in [0.15, 0.2) is 42.5 Å². The smallest absolute Gasteiger partial charge is 0.115 e. The zero-order valence-corrected chi connectivity index (χ0v) is 10.8. The van der Waals surface area contributed by atoms with Gasteiger partial charge in [0.25, 0.3) is 0 Å². The SMILES string of the molecule is Oc1ccc2c(c1)CCN1CCc3ccccc3[C@@H]21. The number of phenolic OH excluding ortho intramolecular Hbond substituents is 1. The maximum atomic E-state index is 9.67. The first-order chi connectivity index (χ1) is 9.33. The number of aromatic hydroxyl groups is 1. The molecule has 0 bridgehead atoms. The fourth-order valence-electron chi connectivity index (χ4n) is 3.56. The Morgan fingerprint density at radius 2 is 1.63 bits per heavy atom. The molecule has 0 spiro atoms. The number of hydrogen-bond donors (Lipinski definition) is 1. The van der Waals surface area contributed by atoms with Crippen LogP contribution in [0.25, 0.3) is 0 Å². The minimum Gasteiger partial charge on any atom is -0.508 e. The van der Waals surface area contributed by atoms with E-state index in [0.717, 1.165) is 25.9 Å². The number of hydrogen-bond acceptors (Lipinski definition) is 2. The summed E-state index contributed by atoms with van der Waals surface area (Å²) in [5.74, 6) is 0.385. The molecule has 1 atom stereocenters. The number of fused-ring (bicyclic) bond motifs is 5. The normalized spacial score (nSPS) is 21.4. The summed E-state index contributed by atoms with van der Waals surface area (Å²) in [6, 6.07) is 15.0. The molecule has 1 N–H and O–H groups in total. The van der Waals surface area contributed by atoms with E-state index in [0.29, 0.717) is 11.8 Å². The third-order valence-electron chi connectivity index (χ3n) is 4.47. The van der Waals surface area contributed by atoms with Crippen LogP contribution in [0.2, 0.25) is 0 Å². The molecule has 2 heteroatoms. The van der Waals surface area contributed by atoms with Crippen molar-refractivity contribution in [1.82, 2.24) is 4.90 Å². The highest BCUT2D eigenvalue weighted by molar-refractivity contribution is 5.46. The van der Waals surface area contributed by atoms with Gasteiger partial charge in [0.2, 0.25) is 0 Å². The predicted molar refractivity (Wildman–Crippen MR) is 75.4 cm³/mol. The molecule has 0 aliphatic carbocycles. The van der Waals surface area contributed by atoms with Crippen LogP contribution < -0.4 is 0 Å². The van der Waals surface area contributed by atoms with E-state index in [4.69, 9.17) is 0 Å². The van der Waals surface area contributed by atoms with Gasteiger partial charge in [-0.1, -0.05) is 30.3 Å². The average Bonchev–Trinajstić information content (AvgIpc) is 2.46. The summed E-state index contributed by atoms with van der Waals surface area (Å²) in [4.78, 5) is 2.57. The van der Waals surface area contributed by atoms with Gasteiger partial charge in [0, 0.05) is 13.1 Å². The summed E-state index contributed by atoms with van der Waals surface area (Å²) in [7, 11) is 0. The second-order valence-corrected chi connectivity index (χ2v) is 5.52. The lowest BCUT2D eigenvalue weighted by molar-refractivity contribution is 0.202. The second-order valence-electron chi connectivity index (χ2n) is 5.52. The number of nitrogens with zero attached hydrogens (tertiary/aromatic N) is 1. The van der Waals surface area contributed by atoms with E-state index >= 15 is 0 Å². The molecule has 0 aromatic heterocycles. The molecule has 0 saturated heterocycles. The molecule has 2 aromatic carbocycles. The lowest BCUT2D eigenvalue weighted by atomic mass is 9.83. The summed E-state index contributed by atoms with van der Waals surface area (Å²) in [5, 5.41) is 9.67. The Kier molecular flexibility index (Phi) is 2.39. The molecule has 0 amide bonds. The molecule has 0 unspecified atom stereocenters. The van der Waals surface area contributed by atoms with Crippen LogP contribution in [0.4, 0.5) is 0 Å². The van der Waals surface area contributed by atoms with Crippen molar-refractivity contribution in [2.24, 2.45) is 0 Å². The lowest BCUT2D eigenvalue weighted by Crippen LogP contribution is -2.40. The van der Waals surface area contributed by atoms with Gasteiger partial charge >= 0.3 is 0 Å². The average molecular weight is 251 g/mol. The quantitative estimate of drug-likeness (QED) is 0.778. The number of phenols is 1. The second kappa shape index (κ2) is 4.10. The molecule has 2 aliphatic rings. The first-order valence-electron chi connectivity index (χ1n) is 6.96. The third kappa shape index (κ3) is 1.67. The summed E-state index contributed by atoms with van der Waals surface area (Å²) in [6.45, 7) is 2.23. The third-order valence-corrected chi connectivity index (χ3v) is 4.47. The van der Waals surface area contributed by atoms with E-state index in [1.165, 1.54) is 22.3 Å². The van der Waals surface area contributed by atoms with Crippen molar-refractivity contribution in [3.05, 3.63) is 64.7 Å². The van der Waals surface area contributed by atoms with Crippen LogP contribution in [-0.4, -0.2) is 23.1 Å². The van der Waals surface area contributed by atoms with Gasteiger partial charge in [0.05, 0.1) is 6.04 Å². The largest absolute Gasteiger partial charge is 0.508 e. The van der Waals surface area contributed by atoms with Crippen LogP contribution in [0, 0.1) is 0 Å². The van der Waals surface area contributed by atoms with Crippen LogP contribution in [0.3, 0.4) is 0 Å². The molecule has 0 radical (unpaired) electrons. The van der Waals surface area contributed by atoms with E-state index in [1.54, 1.807) is 0 Å². The van der Waals surface area contributed by atoms with Crippen LogP contribution >= 0.6 is 0 Å². The molecule has 2 heterocycles. The van der Waals surface area contributed by atoms with Crippen molar-refractivity contribution < 1.29 is 5.11 Å². The topological polar surface area (TPSA) is 23.5 Å².